The van der Waals surface area contributed by atoms with Gasteiger partial charge in [-0.1, -0.05) is 70.6 Å². The second kappa shape index (κ2) is 3.74. The highest BCUT2D eigenvalue weighted by atomic mass is 14.2. The van der Waals surface area contributed by atoms with E-state index in [0.717, 1.165) is 0 Å². The predicted molar refractivity (Wildman–Crippen MR) is 83.9 cm³/mol. The molecule has 0 saturated heterocycles. The van der Waals surface area contributed by atoms with Crippen LogP contribution < -0.4 is 10.9 Å². The summed E-state index contributed by atoms with van der Waals surface area (Å²) in [5, 5.41) is 2.68. The molecule has 3 aromatic carbocycles. The Labute approximate surface area is 114 Å². The normalized spacial score (nSPS) is 12.1. The molecule has 1 radical (unpaired) electrons. The first kappa shape index (κ1) is 10.9. The van der Waals surface area contributed by atoms with Crippen LogP contribution in [0.2, 0.25) is 0 Å². The van der Waals surface area contributed by atoms with Crippen molar-refractivity contribution in [1.82, 2.24) is 0 Å². The lowest BCUT2D eigenvalue weighted by molar-refractivity contribution is 1.42. The molecule has 0 saturated carbocycles. The van der Waals surface area contributed by atoms with E-state index in [1.54, 1.807) is 0 Å². The van der Waals surface area contributed by atoms with E-state index in [1.807, 2.05) is 0 Å². The highest BCUT2D eigenvalue weighted by Crippen LogP contribution is 2.30. The topological polar surface area (TPSA) is 0 Å². The summed E-state index contributed by atoms with van der Waals surface area (Å²) in [4.78, 5) is 0. The van der Waals surface area contributed by atoms with Crippen molar-refractivity contribution in [3.8, 4) is 11.1 Å². The summed E-state index contributed by atoms with van der Waals surface area (Å²) >= 11 is 0. The quantitative estimate of drug-likeness (QED) is 0.415. The Bertz CT molecular complexity index is 815. The summed E-state index contributed by atoms with van der Waals surface area (Å²) in [6, 6.07) is 17.7. The van der Waals surface area contributed by atoms with Gasteiger partial charge in [0.05, 0.1) is 0 Å². The van der Waals surface area contributed by atoms with Crippen molar-refractivity contribution >= 4 is 29.0 Å². The minimum Gasteiger partial charge on any atom is -0.0731 e. The van der Waals surface area contributed by atoms with E-state index < -0.39 is 0 Å². The highest BCUT2D eigenvalue weighted by molar-refractivity contribution is 6.74. The maximum atomic E-state index is 2.33. The Kier molecular flexibility index (Phi) is 2.14. The molecule has 0 amide bonds. The summed E-state index contributed by atoms with van der Waals surface area (Å²) in [5.74, 6) is 0. The van der Waals surface area contributed by atoms with Crippen molar-refractivity contribution in [3.63, 3.8) is 0 Å². The molecule has 1 aliphatic rings. The largest absolute Gasteiger partial charge is 0.193 e. The Balaban J connectivity index is 2.15. The second-order valence-corrected chi connectivity index (χ2v) is 5.44. The molecule has 1 aliphatic heterocycles. The van der Waals surface area contributed by atoms with Crippen LogP contribution in [0.15, 0.2) is 48.5 Å². The summed E-state index contributed by atoms with van der Waals surface area (Å²) < 4.78 is 0. The van der Waals surface area contributed by atoms with E-state index in [4.69, 9.17) is 0 Å². The predicted octanol–water partition coefficient (Wildman–Crippen LogP) is 3.09. The van der Waals surface area contributed by atoms with E-state index in [2.05, 4.69) is 69.7 Å². The average Bonchev–Trinajstić information content (AvgIpc) is 2.78. The van der Waals surface area contributed by atoms with Crippen LogP contribution in [-0.2, 0) is 0 Å². The van der Waals surface area contributed by atoms with Gasteiger partial charge in [-0.2, -0.15) is 0 Å². The van der Waals surface area contributed by atoms with Crippen LogP contribution in [0, 0.1) is 13.8 Å². The number of benzene rings is 3. The molecule has 0 unspecified atom stereocenters. The third kappa shape index (κ3) is 1.48. The SMILES string of the molecule is Cc1cc(C)c2c(c1)-c1c(ccc3ccccc13)[B]2. The van der Waals surface area contributed by atoms with Crippen LogP contribution in [0.25, 0.3) is 21.9 Å². The highest BCUT2D eigenvalue weighted by Gasteiger charge is 2.23. The Hall–Kier alpha value is -2.02. The lowest BCUT2D eigenvalue weighted by Crippen LogP contribution is -2.23. The molecule has 0 bridgehead atoms. The molecule has 89 valence electrons. The molecule has 1 heteroatoms. The van der Waals surface area contributed by atoms with E-state index >= 15 is 0 Å². The molecular weight excluding hydrogens is 227 g/mol. The van der Waals surface area contributed by atoms with Crippen molar-refractivity contribution in [2.24, 2.45) is 0 Å². The van der Waals surface area contributed by atoms with Gasteiger partial charge >= 0.3 is 0 Å². The van der Waals surface area contributed by atoms with E-state index in [0.29, 0.717) is 0 Å². The summed E-state index contributed by atoms with van der Waals surface area (Å²) in [5.41, 5.74) is 8.24. The molecule has 0 spiro atoms. The van der Waals surface area contributed by atoms with Gasteiger partial charge in [-0.15, -0.1) is 0 Å². The van der Waals surface area contributed by atoms with E-state index in [9.17, 15) is 0 Å². The van der Waals surface area contributed by atoms with Gasteiger partial charge in [-0.25, -0.2) is 0 Å². The number of hydrogen-bond donors (Lipinski definition) is 0. The molecule has 4 rings (SSSR count). The first-order chi connectivity index (χ1) is 9.24. The van der Waals surface area contributed by atoms with E-state index in [1.165, 1.54) is 44.0 Å². The molecule has 3 aromatic rings. The molecule has 0 aromatic heterocycles. The minimum absolute atomic E-state index is 1.32. The van der Waals surface area contributed by atoms with Crippen LogP contribution >= 0.6 is 0 Å². The maximum absolute atomic E-state index is 2.33. The minimum atomic E-state index is 1.32. The monoisotopic (exact) mass is 241 g/mol. The van der Waals surface area contributed by atoms with Gasteiger partial charge in [-0.05, 0) is 35.7 Å². The fourth-order valence-corrected chi connectivity index (χ4v) is 3.24. The molecule has 0 nitrogen and oxygen atoms in total. The van der Waals surface area contributed by atoms with Crippen LogP contribution in [0.5, 0.6) is 0 Å². The van der Waals surface area contributed by atoms with Crippen molar-refractivity contribution in [2.75, 3.05) is 0 Å². The van der Waals surface area contributed by atoms with Crippen LogP contribution in [0.3, 0.4) is 0 Å². The van der Waals surface area contributed by atoms with Gasteiger partial charge in [0.2, 0.25) is 0 Å². The second-order valence-electron chi connectivity index (χ2n) is 5.44. The standard InChI is InChI=1S/C18H14B/c1-11-9-12(2)18-15(10-11)17-14-6-4-3-5-13(14)7-8-16(17)19-18/h3-10H,1-2H3. The van der Waals surface area contributed by atoms with Crippen LogP contribution in [-0.4, -0.2) is 7.28 Å². The van der Waals surface area contributed by atoms with Crippen molar-refractivity contribution in [3.05, 3.63) is 59.7 Å². The van der Waals surface area contributed by atoms with Gasteiger partial charge < -0.3 is 0 Å². The van der Waals surface area contributed by atoms with Gasteiger partial charge in [0.15, 0.2) is 7.28 Å². The molecular formula is C18H14B. The molecule has 0 fully saturated rings. The number of hydrogen-bond acceptors (Lipinski definition) is 0. The third-order valence-electron chi connectivity index (χ3n) is 4.06. The summed E-state index contributed by atoms with van der Waals surface area (Å²) in [6.07, 6.45) is 0. The number of fused-ring (bicyclic) bond motifs is 5. The Morgan fingerprint density at radius 1 is 0.895 bits per heavy atom. The average molecular weight is 241 g/mol. The first-order valence-electron chi connectivity index (χ1n) is 6.72. The first-order valence-corrected chi connectivity index (χ1v) is 6.72. The Morgan fingerprint density at radius 2 is 1.74 bits per heavy atom. The smallest absolute Gasteiger partial charge is 0.0731 e. The van der Waals surface area contributed by atoms with Gasteiger partial charge in [0, 0.05) is 0 Å². The summed E-state index contributed by atoms with van der Waals surface area (Å²) in [6.45, 7) is 4.38. The molecule has 19 heavy (non-hydrogen) atoms. The molecule has 0 aliphatic carbocycles. The zero-order chi connectivity index (χ0) is 13.0. The molecule has 0 N–H and O–H groups in total. The fraction of sp³-hybridized carbons (Fsp3) is 0.111. The lowest BCUT2D eigenvalue weighted by Gasteiger charge is -2.09. The van der Waals surface area contributed by atoms with Gasteiger partial charge in [-0.3, -0.25) is 0 Å². The molecule has 1 heterocycles. The van der Waals surface area contributed by atoms with Crippen molar-refractivity contribution < 1.29 is 0 Å². The Morgan fingerprint density at radius 3 is 2.63 bits per heavy atom. The van der Waals surface area contributed by atoms with Crippen molar-refractivity contribution in [2.45, 2.75) is 13.8 Å². The zero-order valence-corrected chi connectivity index (χ0v) is 11.2. The maximum Gasteiger partial charge on any atom is 0.193 e. The van der Waals surface area contributed by atoms with Crippen LogP contribution in [0.1, 0.15) is 11.1 Å². The number of aryl methyl sites for hydroxylation is 2. The lowest BCUT2D eigenvalue weighted by atomic mass is 9.66. The van der Waals surface area contributed by atoms with Gasteiger partial charge in [0.1, 0.15) is 0 Å². The van der Waals surface area contributed by atoms with Crippen LogP contribution in [0.4, 0.5) is 0 Å². The zero-order valence-electron chi connectivity index (χ0n) is 11.2. The third-order valence-corrected chi connectivity index (χ3v) is 4.06. The fourth-order valence-electron chi connectivity index (χ4n) is 3.24. The summed E-state index contributed by atoms with van der Waals surface area (Å²) in [7, 11) is 2.33. The molecule has 0 atom stereocenters. The van der Waals surface area contributed by atoms with E-state index in [-0.39, 0.29) is 0 Å². The number of rotatable bonds is 0. The van der Waals surface area contributed by atoms with Gasteiger partial charge in [0.25, 0.3) is 0 Å². The van der Waals surface area contributed by atoms with Crippen molar-refractivity contribution in [1.29, 1.82) is 0 Å².